The normalized spacial score (nSPS) is 19.8. The van der Waals surface area contributed by atoms with E-state index < -0.39 is 0 Å². The highest BCUT2D eigenvalue weighted by molar-refractivity contribution is 6.07. The van der Waals surface area contributed by atoms with Crippen LogP contribution in [0.1, 0.15) is 30.9 Å². The lowest BCUT2D eigenvalue weighted by Crippen LogP contribution is -2.37. The van der Waals surface area contributed by atoms with Crippen LogP contribution in [-0.2, 0) is 5.41 Å². The average molecular weight is 452 g/mol. The zero-order valence-electron chi connectivity index (χ0n) is 19.8. The van der Waals surface area contributed by atoms with Gasteiger partial charge in [0.1, 0.15) is 5.58 Å². The molecule has 4 aromatic carbocycles. The summed E-state index contributed by atoms with van der Waals surface area (Å²) in [4.78, 5) is 0. The van der Waals surface area contributed by atoms with Crippen molar-refractivity contribution >= 4 is 45.0 Å². The molecule has 6 aromatic rings. The van der Waals surface area contributed by atoms with Gasteiger partial charge >= 0.3 is 0 Å². The summed E-state index contributed by atoms with van der Waals surface area (Å²) in [6, 6.07) is 32.7. The van der Waals surface area contributed by atoms with E-state index in [4.69, 9.17) is 4.42 Å². The summed E-state index contributed by atoms with van der Waals surface area (Å²) in [5.41, 5.74) is 7.23. The van der Waals surface area contributed by atoms with Crippen molar-refractivity contribution < 1.29 is 4.42 Å². The van der Waals surface area contributed by atoms with E-state index in [0.717, 1.165) is 27.6 Å². The molecule has 0 spiro atoms. The highest BCUT2D eigenvalue weighted by atomic mass is 16.3. The topological polar surface area (TPSA) is 18.1 Å². The Morgan fingerprint density at radius 2 is 1.46 bits per heavy atom. The van der Waals surface area contributed by atoms with Gasteiger partial charge in [-0.1, -0.05) is 98.8 Å². The van der Waals surface area contributed by atoms with E-state index in [1.807, 2.05) is 6.07 Å². The Balaban J connectivity index is 1.51. The lowest BCUT2D eigenvalue weighted by molar-refractivity contribution is 0.421. The highest BCUT2D eigenvalue weighted by Gasteiger charge is 2.45. The molecule has 2 aromatic heterocycles. The molecule has 0 N–H and O–H groups in total. The smallest absolute Gasteiger partial charge is 0.159 e. The summed E-state index contributed by atoms with van der Waals surface area (Å²) in [7, 11) is 0. The fraction of sp³-hybridized carbons (Fsp3) is 0.152. The Labute approximate surface area is 203 Å². The lowest BCUT2D eigenvalue weighted by atomic mass is 9.74. The molecule has 0 fully saturated rings. The molecule has 2 aliphatic carbocycles. The van der Waals surface area contributed by atoms with Crippen LogP contribution in [-0.4, -0.2) is 4.57 Å². The number of fused-ring (bicyclic) bond motifs is 9. The Kier molecular flexibility index (Phi) is 3.61. The number of benzene rings is 4. The van der Waals surface area contributed by atoms with Crippen LogP contribution >= 0.6 is 0 Å². The van der Waals surface area contributed by atoms with Crippen molar-refractivity contribution in [2.75, 3.05) is 0 Å². The first kappa shape index (κ1) is 19.3. The van der Waals surface area contributed by atoms with E-state index in [0.29, 0.717) is 11.8 Å². The summed E-state index contributed by atoms with van der Waals surface area (Å²) in [6.45, 7) is 4.80. The minimum Gasteiger partial charge on any atom is -0.454 e. The van der Waals surface area contributed by atoms with E-state index in [9.17, 15) is 0 Å². The van der Waals surface area contributed by atoms with Gasteiger partial charge in [-0.05, 0) is 40.7 Å². The lowest BCUT2D eigenvalue weighted by Gasteiger charge is -2.29. The number of rotatable bonds is 1. The molecule has 2 atom stereocenters. The SMILES string of the molecule is CC1(C)c2ccccc2C2C=c3c(n(-c4cccc5c4oc4ccccc45)c4ccccc34)=CC21. The maximum atomic E-state index is 6.48. The summed E-state index contributed by atoms with van der Waals surface area (Å²) in [6.07, 6.45) is 5.08. The van der Waals surface area contributed by atoms with Crippen molar-refractivity contribution in [1.82, 2.24) is 4.57 Å². The molecule has 0 amide bonds. The zero-order valence-corrected chi connectivity index (χ0v) is 19.8. The highest BCUT2D eigenvalue weighted by Crippen LogP contribution is 2.52. The first-order valence-corrected chi connectivity index (χ1v) is 12.5. The van der Waals surface area contributed by atoms with Crippen LogP contribution in [0.4, 0.5) is 0 Å². The van der Waals surface area contributed by atoms with E-state index in [1.54, 1.807) is 0 Å². The third-order valence-corrected chi connectivity index (χ3v) is 8.49. The minimum absolute atomic E-state index is 0.0715. The standard InChI is InChI=1S/C33H25NO/c1-33(2)26-14-6-3-10-20(26)24-18-25-21-11-4-7-15-28(21)34(30(25)19-27(24)33)29-16-9-13-23-22-12-5-8-17-31(22)35-32(23)29/h3-19,24,27H,1-2H3. The number of para-hydroxylation sites is 3. The van der Waals surface area contributed by atoms with Gasteiger partial charge in [0.15, 0.2) is 5.58 Å². The monoisotopic (exact) mass is 451 g/mol. The first-order valence-electron chi connectivity index (χ1n) is 12.5. The first-order chi connectivity index (χ1) is 17.1. The van der Waals surface area contributed by atoms with Crippen LogP contribution < -0.4 is 10.6 Å². The second-order valence-corrected chi connectivity index (χ2v) is 10.6. The number of aromatic nitrogens is 1. The maximum Gasteiger partial charge on any atom is 0.159 e. The predicted octanol–water partition coefficient (Wildman–Crippen LogP) is 6.80. The van der Waals surface area contributed by atoms with Gasteiger partial charge in [0.2, 0.25) is 0 Å². The van der Waals surface area contributed by atoms with Gasteiger partial charge in [-0.2, -0.15) is 0 Å². The molecular weight excluding hydrogens is 426 g/mol. The quantitative estimate of drug-likeness (QED) is 0.269. The Morgan fingerprint density at radius 1 is 0.714 bits per heavy atom. The molecule has 0 saturated carbocycles. The van der Waals surface area contributed by atoms with Crippen LogP contribution in [0.15, 0.2) is 95.4 Å². The number of hydrogen-bond donors (Lipinski definition) is 0. The number of furan rings is 1. The maximum absolute atomic E-state index is 6.48. The number of nitrogens with zero attached hydrogens (tertiary/aromatic N) is 1. The van der Waals surface area contributed by atoms with Crippen molar-refractivity contribution in [3.05, 3.63) is 113 Å². The van der Waals surface area contributed by atoms with Gasteiger partial charge < -0.3 is 8.98 Å². The van der Waals surface area contributed by atoms with Gasteiger partial charge in [0, 0.05) is 27.3 Å². The summed E-state index contributed by atoms with van der Waals surface area (Å²) in [5.74, 6) is 0.806. The van der Waals surface area contributed by atoms with Crippen molar-refractivity contribution in [3.63, 3.8) is 0 Å². The molecule has 0 aliphatic heterocycles. The van der Waals surface area contributed by atoms with E-state index in [1.165, 1.54) is 32.6 Å². The van der Waals surface area contributed by atoms with Gasteiger partial charge in [0.25, 0.3) is 0 Å². The molecular formula is C33H25NO. The second kappa shape index (κ2) is 6.55. The molecule has 0 saturated heterocycles. The molecule has 168 valence electrons. The fourth-order valence-corrected chi connectivity index (χ4v) is 6.84. The van der Waals surface area contributed by atoms with Crippen LogP contribution in [0, 0.1) is 5.92 Å². The Hall–Kier alpha value is -4.04. The third kappa shape index (κ3) is 2.39. The Bertz CT molecular complexity index is 1950. The van der Waals surface area contributed by atoms with E-state index in [2.05, 4.69) is 115 Å². The van der Waals surface area contributed by atoms with Crippen LogP contribution in [0.25, 0.3) is 50.7 Å². The molecule has 0 radical (unpaired) electrons. The van der Waals surface area contributed by atoms with Crippen molar-refractivity contribution in [3.8, 4) is 5.69 Å². The number of hydrogen-bond acceptors (Lipinski definition) is 1. The molecule has 8 rings (SSSR count). The van der Waals surface area contributed by atoms with Crippen LogP contribution in [0.2, 0.25) is 0 Å². The van der Waals surface area contributed by atoms with Crippen molar-refractivity contribution in [2.45, 2.75) is 25.2 Å². The zero-order chi connectivity index (χ0) is 23.3. The van der Waals surface area contributed by atoms with E-state index >= 15 is 0 Å². The van der Waals surface area contributed by atoms with Crippen LogP contribution in [0.3, 0.4) is 0 Å². The predicted molar refractivity (Wildman–Crippen MR) is 144 cm³/mol. The fourth-order valence-electron chi connectivity index (χ4n) is 6.84. The average Bonchev–Trinajstić information content (AvgIpc) is 3.50. The van der Waals surface area contributed by atoms with Gasteiger partial charge in [-0.15, -0.1) is 0 Å². The largest absolute Gasteiger partial charge is 0.454 e. The van der Waals surface area contributed by atoms with Gasteiger partial charge in [-0.3, -0.25) is 0 Å². The van der Waals surface area contributed by atoms with E-state index in [-0.39, 0.29) is 5.41 Å². The second-order valence-electron chi connectivity index (χ2n) is 10.6. The summed E-state index contributed by atoms with van der Waals surface area (Å²) in [5, 5.41) is 6.24. The summed E-state index contributed by atoms with van der Waals surface area (Å²) >= 11 is 0. The molecule has 2 unspecified atom stereocenters. The molecule has 2 heteroatoms. The van der Waals surface area contributed by atoms with Gasteiger partial charge in [0.05, 0.1) is 16.6 Å². The van der Waals surface area contributed by atoms with Crippen molar-refractivity contribution in [1.29, 1.82) is 0 Å². The molecule has 2 aliphatic rings. The van der Waals surface area contributed by atoms with Crippen LogP contribution in [0.5, 0.6) is 0 Å². The summed E-state index contributed by atoms with van der Waals surface area (Å²) < 4.78 is 8.91. The molecule has 2 heterocycles. The molecule has 2 nitrogen and oxygen atoms in total. The molecule has 0 bridgehead atoms. The Morgan fingerprint density at radius 3 is 2.37 bits per heavy atom. The van der Waals surface area contributed by atoms with Gasteiger partial charge in [-0.25, -0.2) is 0 Å². The van der Waals surface area contributed by atoms with Crippen molar-refractivity contribution in [2.24, 2.45) is 5.92 Å². The third-order valence-electron chi connectivity index (χ3n) is 8.49. The molecule has 35 heavy (non-hydrogen) atoms. The minimum atomic E-state index is 0.0715.